The molecule has 1 N–H and O–H groups in total. The number of ether oxygens (including phenoxy) is 4. The number of methoxy groups -OCH3 is 4. The molecule has 0 spiro atoms. The molecule has 5 atom stereocenters. The van der Waals surface area contributed by atoms with Crippen LogP contribution in [0.25, 0.3) is 0 Å². The van der Waals surface area contributed by atoms with Gasteiger partial charge in [0.15, 0.2) is 28.8 Å². The van der Waals surface area contributed by atoms with Crippen molar-refractivity contribution in [2.75, 3.05) is 42.0 Å². The number of amides is 1. The second kappa shape index (κ2) is 10.7. The fourth-order valence-electron chi connectivity index (χ4n) is 7.07. The average molecular weight is 559 g/mol. The molecule has 0 radical (unpaired) electrons. The maximum Gasteiger partial charge on any atom is 0.287 e. The Balaban J connectivity index is 1.49. The molecule has 4 heterocycles. The summed E-state index contributed by atoms with van der Waals surface area (Å²) >= 11 is 0. The standard InChI is InChI=1S/C31H34N4O6/c1-34-21-9-18-12-27(38-3)29(40-5)14-20(18)30(34)22-10-17-11-26(37-2)28(39-4)13-19(17)24(35(22)23(21)15-32)16-33-31(36)25-7-6-8-41-25/h6-8,11-14,21-24,30H,9-10,16H2,1-5H3,(H,33,36)/t21-,22-,23-,24-,30+/m0/s1. The predicted octanol–water partition coefficient (Wildman–Crippen LogP) is 3.52. The van der Waals surface area contributed by atoms with E-state index in [0.29, 0.717) is 42.4 Å². The quantitative estimate of drug-likeness (QED) is 0.466. The molecule has 6 rings (SSSR count). The number of piperazine rings is 1. The van der Waals surface area contributed by atoms with Gasteiger partial charge in [-0.15, -0.1) is 0 Å². The molecule has 2 aromatic carbocycles. The summed E-state index contributed by atoms with van der Waals surface area (Å²) in [5, 5.41) is 13.7. The van der Waals surface area contributed by atoms with E-state index in [-0.39, 0.29) is 35.8 Å². The lowest BCUT2D eigenvalue weighted by Crippen LogP contribution is -2.68. The number of carbonyl (C=O) groups excluding carboxylic acids is 1. The number of hydrogen-bond acceptors (Lipinski definition) is 9. The van der Waals surface area contributed by atoms with Gasteiger partial charge in [-0.2, -0.15) is 5.26 Å². The number of fused-ring (bicyclic) bond motifs is 7. The lowest BCUT2D eigenvalue weighted by molar-refractivity contribution is -0.0708. The second-order valence-electron chi connectivity index (χ2n) is 10.7. The molecule has 3 aliphatic rings. The number of nitrogens with one attached hydrogen (secondary N) is 1. The summed E-state index contributed by atoms with van der Waals surface area (Å²) in [6, 6.07) is 13.3. The number of hydrogen-bond donors (Lipinski definition) is 1. The van der Waals surface area contributed by atoms with Crippen LogP contribution >= 0.6 is 0 Å². The second-order valence-corrected chi connectivity index (χ2v) is 10.7. The third kappa shape index (κ3) is 4.28. The zero-order valence-corrected chi connectivity index (χ0v) is 23.8. The van der Waals surface area contributed by atoms with Crippen LogP contribution in [-0.2, 0) is 12.8 Å². The Morgan fingerprint density at radius 2 is 1.54 bits per heavy atom. The van der Waals surface area contributed by atoms with Crippen molar-refractivity contribution in [3.05, 3.63) is 70.7 Å². The fraction of sp³-hybridized carbons (Fsp3) is 0.419. The lowest BCUT2D eigenvalue weighted by Gasteiger charge is -2.60. The number of nitriles is 1. The smallest absolute Gasteiger partial charge is 0.287 e. The van der Waals surface area contributed by atoms with Crippen molar-refractivity contribution in [1.82, 2.24) is 15.1 Å². The molecule has 1 fully saturated rings. The molecule has 1 aromatic heterocycles. The van der Waals surface area contributed by atoms with E-state index >= 15 is 0 Å². The first kappa shape index (κ1) is 27.0. The molecule has 2 bridgehead atoms. The topological polar surface area (TPSA) is 109 Å². The van der Waals surface area contributed by atoms with Crippen LogP contribution in [0, 0.1) is 11.3 Å². The average Bonchev–Trinajstić information content (AvgIpc) is 3.54. The van der Waals surface area contributed by atoms with E-state index in [1.807, 2.05) is 12.1 Å². The third-order valence-electron chi connectivity index (χ3n) is 8.91. The van der Waals surface area contributed by atoms with E-state index in [9.17, 15) is 10.1 Å². The predicted molar refractivity (Wildman–Crippen MR) is 150 cm³/mol. The Morgan fingerprint density at radius 3 is 2.12 bits per heavy atom. The Bertz CT molecular complexity index is 1500. The van der Waals surface area contributed by atoms with E-state index in [2.05, 4.69) is 40.4 Å². The molecule has 3 aromatic rings. The number of benzene rings is 2. The summed E-state index contributed by atoms with van der Waals surface area (Å²) in [5.41, 5.74) is 4.43. The molecule has 0 aliphatic carbocycles. The summed E-state index contributed by atoms with van der Waals surface area (Å²) in [5.74, 6) is 2.56. The molecule has 41 heavy (non-hydrogen) atoms. The first-order valence-corrected chi connectivity index (χ1v) is 13.6. The van der Waals surface area contributed by atoms with Crippen LogP contribution < -0.4 is 24.3 Å². The Kier molecular flexibility index (Phi) is 7.01. The third-order valence-corrected chi connectivity index (χ3v) is 8.91. The van der Waals surface area contributed by atoms with Crippen LogP contribution in [0.4, 0.5) is 0 Å². The fourth-order valence-corrected chi connectivity index (χ4v) is 7.07. The summed E-state index contributed by atoms with van der Waals surface area (Å²) in [6.45, 7) is 0.290. The van der Waals surface area contributed by atoms with Crippen LogP contribution in [0.2, 0.25) is 0 Å². The minimum atomic E-state index is -0.422. The van der Waals surface area contributed by atoms with Crippen molar-refractivity contribution in [3.8, 4) is 29.1 Å². The molecule has 10 heteroatoms. The summed E-state index contributed by atoms with van der Waals surface area (Å²) in [4.78, 5) is 17.6. The van der Waals surface area contributed by atoms with Gasteiger partial charge in [-0.05, 0) is 78.5 Å². The van der Waals surface area contributed by atoms with E-state index in [4.69, 9.17) is 23.4 Å². The largest absolute Gasteiger partial charge is 0.493 e. The van der Waals surface area contributed by atoms with Gasteiger partial charge in [0.25, 0.3) is 5.91 Å². The number of rotatable bonds is 7. The highest BCUT2D eigenvalue weighted by Crippen LogP contribution is 2.52. The Morgan fingerprint density at radius 1 is 0.951 bits per heavy atom. The van der Waals surface area contributed by atoms with Crippen molar-refractivity contribution in [1.29, 1.82) is 5.26 Å². The SMILES string of the molecule is COc1cc2c(cc1OC)[C@@H]1[C@@H]3Cc4cc(OC)c(OC)cc4[C@H](CNC(=O)c4ccco4)N3[C@@H](C#N)[C@H](C2)N1C. The molecule has 3 aliphatic heterocycles. The maximum absolute atomic E-state index is 13.0. The molecule has 1 amide bonds. The normalized spacial score (nSPS) is 24.7. The Hall–Kier alpha value is -4.20. The molecule has 10 nitrogen and oxygen atoms in total. The van der Waals surface area contributed by atoms with E-state index < -0.39 is 6.04 Å². The van der Waals surface area contributed by atoms with Gasteiger partial charge in [0.05, 0.1) is 52.9 Å². The van der Waals surface area contributed by atoms with Crippen molar-refractivity contribution in [3.63, 3.8) is 0 Å². The number of furan rings is 1. The van der Waals surface area contributed by atoms with E-state index in [1.54, 1.807) is 40.6 Å². The zero-order chi connectivity index (χ0) is 28.8. The van der Waals surface area contributed by atoms with Gasteiger partial charge in [-0.1, -0.05) is 0 Å². The zero-order valence-electron chi connectivity index (χ0n) is 23.8. The van der Waals surface area contributed by atoms with E-state index in [1.165, 1.54) is 6.26 Å². The van der Waals surface area contributed by atoms with Crippen molar-refractivity contribution in [2.24, 2.45) is 0 Å². The van der Waals surface area contributed by atoms with Crippen molar-refractivity contribution >= 4 is 5.91 Å². The van der Waals surface area contributed by atoms with Crippen LogP contribution in [0.3, 0.4) is 0 Å². The maximum atomic E-state index is 13.0. The Labute approximate surface area is 239 Å². The number of likely N-dealkylation sites (N-methyl/N-ethyl adjacent to an activating group) is 1. The van der Waals surface area contributed by atoms with Crippen LogP contribution in [0.1, 0.15) is 44.9 Å². The van der Waals surface area contributed by atoms with Crippen LogP contribution in [0.5, 0.6) is 23.0 Å². The minimum Gasteiger partial charge on any atom is -0.493 e. The van der Waals surface area contributed by atoms with Gasteiger partial charge >= 0.3 is 0 Å². The van der Waals surface area contributed by atoms with Crippen molar-refractivity contribution in [2.45, 2.75) is 43.1 Å². The highest BCUT2D eigenvalue weighted by molar-refractivity contribution is 5.91. The molecule has 0 saturated carbocycles. The van der Waals surface area contributed by atoms with Crippen LogP contribution in [0.15, 0.2) is 47.1 Å². The van der Waals surface area contributed by atoms with Gasteiger partial charge in [0.1, 0.15) is 6.04 Å². The summed E-state index contributed by atoms with van der Waals surface area (Å²) < 4.78 is 28.0. The minimum absolute atomic E-state index is 0.0160. The van der Waals surface area contributed by atoms with Crippen LogP contribution in [-0.4, -0.2) is 75.9 Å². The number of carbonyl (C=O) groups is 1. The molecule has 1 saturated heterocycles. The van der Waals surface area contributed by atoms with Gasteiger partial charge in [0, 0.05) is 18.6 Å². The molecule has 214 valence electrons. The molecule has 0 unspecified atom stereocenters. The van der Waals surface area contributed by atoms with E-state index in [0.717, 1.165) is 22.3 Å². The molecular formula is C31H34N4O6. The van der Waals surface area contributed by atoms with Gasteiger partial charge in [-0.25, -0.2) is 0 Å². The first-order valence-electron chi connectivity index (χ1n) is 13.6. The highest BCUT2D eigenvalue weighted by Gasteiger charge is 2.54. The highest BCUT2D eigenvalue weighted by atomic mass is 16.5. The van der Waals surface area contributed by atoms with Gasteiger partial charge < -0.3 is 28.7 Å². The van der Waals surface area contributed by atoms with Gasteiger partial charge in [0.2, 0.25) is 0 Å². The van der Waals surface area contributed by atoms with Crippen molar-refractivity contribution < 1.29 is 28.2 Å². The van der Waals surface area contributed by atoms with Gasteiger partial charge in [-0.3, -0.25) is 14.6 Å². The monoisotopic (exact) mass is 558 g/mol. The molecular weight excluding hydrogens is 524 g/mol. The first-order chi connectivity index (χ1) is 19.9. The number of nitrogens with zero attached hydrogens (tertiary/aromatic N) is 3. The summed E-state index contributed by atoms with van der Waals surface area (Å²) in [6.07, 6.45) is 2.85. The summed E-state index contributed by atoms with van der Waals surface area (Å²) in [7, 11) is 8.63. The lowest BCUT2D eigenvalue weighted by atomic mass is 9.72.